The van der Waals surface area contributed by atoms with E-state index >= 15 is 0 Å². The van der Waals surface area contributed by atoms with E-state index in [1.54, 1.807) is 29.9 Å². The molecule has 1 heterocycles. The first kappa shape index (κ1) is 20.9. The monoisotopic (exact) mass is 519 g/mol. The molecule has 2 aromatic carbocycles. The van der Waals surface area contributed by atoms with Gasteiger partial charge in [0.2, 0.25) is 0 Å². The maximum atomic E-state index is 12.4. The number of halogens is 2. The van der Waals surface area contributed by atoms with E-state index in [1.807, 2.05) is 24.3 Å². The summed E-state index contributed by atoms with van der Waals surface area (Å²) in [4.78, 5) is 22.7. The lowest BCUT2D eigenvalue weighted by molar-refractivity contribution is -0.384. The van der Waals surface area contributed by atoms with E-state index in [2.05, 4.69) is 47.5 Å². The first-order valence-corrected chi connectivity index (χ1v) is 9.99. The number of nitro benzene ring substituents is 1. The van der Waals surface area contributed by atoms with E-state index in [-0.39, 0.29) is 11.4 Å². The average Bonchev–Trinajstić information content (AvgIpc) is 3.07. The number of amides is 1. The number of nitro groups is 1. The van der Waals surface area contributed by atoms with Gasteiger partial charge in [-0.05, 0) is 46.1 Å². The summed E-state index contributed by atoms with van der Waals surface area (Å²) in [5.41, 5.74) is 5.09. The van der Waals surface area contributed by atoms with Crippen molar-refractivity contribution in [3.63, 3.8) is 0 Å². The van der Waals surface area contributed by atoms with Gasteiger partial charge in [0.25, 0.3) is 11.6 Å². The van der Waals surface area contributed by atoms with Crippen molar-refractivity contribution in [1.82, 2.24) is 15.2 Å². The molecule has 1 N–H and O–H groups in total. The molecule has 0 atom stereocenters. The highest BCUT2D eigenvalue weighted by Crippen LogP contribution is 2.17. The standard InChI is InChI=1S/C19H15Br2N5O3/c1-12(14-4-6-15(20)7-5-14)22-23-19(27)18-17(21)11-25(24-18)10-13-2-8-16(9-3-13)26(28)29/h2-9,11H,10H2,1H3,(H,23,27)/b22-12-. The van der Waals surface area contributed by atoms with Crippen molar-refractivity contribution in [1.29, 1.82) is 0 Å². The quantitative estimate of drug-likeness (QED) is 0.293. The van der Waals surface area contributed by atoms with Gasteiger partial charge in [0.1, 0.15) is 0 Å². The first-order chi connectivity index (χ1) is 13.8. The summed E-state index contributed by atoms with van der Waals surface area (Å²) in [6, 6.07) is 13.7. The molecule has 0 radical (unpaired) electrons. The Bertz CT molecular complexity index is 1080. The van der Waals surface area contributed by atoms with Crippen LogP contribution in [0.2, 0.25) is 0 Å². The SMILES string of the molecule is C/C(=N/NC(=O)c1nn(Cc2ccc([N+](=O)[O-])cc2)cc1Br)c1ccc(Br)cc1. The number of hydrogen-bond donors (Lipinski definition) is 1. The van der Waals surface area contributed by atoms with Crippen molar-refractivity contribution in [2.24, 2.45) is 5.10 Å². The molecule has 3 rings (SSSR count). The summed E-state index contributed by atoms with van der Waals surface area (Å²) in [6.45, 7) is 2.16. The lowest BCUT2D eigenvalue weighted by Gasteiger charge is -2.03. The second kappa shape index (κ2) is 9.10. The van der Waals surface area contributed by atoms with Crippen LogP contribution in [0.1, 0.15) is 28.5 Å². The summed E-state index contributed by atoms with van der Waals surface area (Å²) in [6.07, 6.45) is 1.67. The lowest BCUT2D eigenvalue weighted by atomic mass is 10.1. The van der Waals surface area contributed by atoms with Crippen LogP contribution < -0.4 is 5.43 Å². The van der Waals surface area contributed by atoms with E-state index in [0.717, 1.165) is 15.6 Å². The number of benzene rings is 2. The second-order valence-electron chi connectivity index (χ2n) is 6.09. The number of rotatable bonds is 6. The van der Waals surface area contributed by atoms with Gasteiger partial charge in [-0.2, -0.15) is 10.2 Å². The third-order valence-corrected chi connectivity index (χ3v) is 5.12. The minimum absolute atomic E-state index is 0.0227. The smallest absolute Gasteiger partial charge is 0.266 e. The third kappa shape index (κ3) is 5.36. The van der Waals surface area contributed by atoms with Crippen molar-refractivity contribution in [3.05, 3.63) is 90.6 Å². The van der Waals surface area contributed by atoms with Crippen LogP contribution in [-0.2, 0) is 6.54 Å². The highest BCUT2D eigenvalue weighted by atomic mass is 79.9. The zero-order chi connectivity index (χ0) is 21.0. The molecular weight excluding hydrogens is 506 g/mol. The molecule has 29 heavy (non-hydrogen) atoms. The van der Waals surface area contributed by atoms with Crippen LogP contribution in [0.3, 0.4) is 0 Å². The third-order valence-electron chi connectivity index (χ3n) is 4.01. The summed E-state index contributed by atoms with van der Waals surface area (Å²) in [5.74, 6) is -0.448. The largest absolute Gasteiger partial charge is 0.293 e. The van der Waals surface area contributed by atoms with Crippen molar-refractivity contribution in [2.45, 2.75) is 13.5 Å². The number of non-ortho nitro benzene ring substituents is 1. The van der Waals surface area contributed by atoms with E-state index in [1.165, 1.54) is 12.1 Å². The van der Waals surface area contributed by atoms with E-state index in [9.17, 15) is 14.9 Å². The molecule has 3 aromatic rings. The van der Waals surface area contributed by atoms with Crippen molar-refractivity contribution in [2.75, 3.05) is 0 Å². The number of hydrazone groups is 1. The molecule has 0 unspecified atom stereocenters. The molecular formula is C19H15Br2N5O3. The molecule has 0 bridgehead atoms. The predicted octanol–water partition coefficient (Wildman–Crippen LogP) is 4.52. The van der Waals surface area contributed by atoms with Crippen LogP contribution >= 0.6 is 31.9 Å². The number of carbonyl (C=O) groups is 1. The minimum atomic E-state index is -0.451. The molecule has 0 aliphatic heterocycles. The van der Waals surface area contributed by atoms with Crippen molar-refractivity contribution >= 4 is 49.2 Å². The fourth-order valence-corrected chi connectivity index (χ4v) is 3.25. The van der Waals surface area contributed by atoms with E-state index in [0.29, 0.717) is 16.7 Å². The van der Waals surface area contributed by atoms with E-state index in [4.69, 9.17) is 0 Å². The highest BCUT2D eigenvalue weighted by molar-refractivity contribution is 9.10. The summed E-state index contributed by atoms with van der Waals surface area (Å²) < 4.78 is 3.06. The summed E-state index contributed by atoms with van der Waals surface area (Å²) in [7, 11) is 0. The molecule has 148 valence electrons. The molecule has 0 saturated heterocycles. The molecule has 0 aliphatic carbocycles. The molecule has 0 fully saturated rings. The van der Waals surface area contributed by atoms with Crippen LogP contribution in [0.4, 0.5) is 5.69 Å². The van der Waals surface area contributed by atoms with Gasteiger partial charge in [-0.15, -0.1) is 0 Å². The van der Waals surface area contributed by atoms with Crippen LogP contribution in [0.15, 0.2) is 68.8 Å². The molecule has 0 spiro atoms. The Morgan fingerprint density at radius 2 is 1.83 bits per heavy atom. The van der Waals surface area contributed by atoms with Crippen LogP contribution in [-0.4, -0.2) is 26.3 Å². The zero-order valence-electron chi connectivity index (χ0n) is 15.2. The van der Waals surface area contributed by atoms with Gasteiger partial charge in [-0.25, -0.2) is 5.43 Å². The molecule has 8 nitrogen and oxygen atoms in total. The van der Waals surface area contributed by atoms with Gasteiger partial charge in [0.15, 0.2) is 5.69 Å². The average molecular weight is 521 g/mol. The minimum Gasteiger partial charge on any atom is -0.266 e. The molecule has 0 saturated carbocycles. The maximum Gasteiger partial charge on any atom is 0.293 e. The van der Waals surface area contributed by atoms with E-state index < -0.39 is 10.8 Å². The number of hydrogen-bond acceptors (Lipinski definition) is 5. The van der Waals surface area contributed by atoms with Crippen LogP contribution in [0.25, 0.3) is 0 Å². The fourth-order valence-electron chi connectivity index (χ4n) is 2.49. The molecule has 10 heteroatoms. The number of nitrogens with zero attached hydrogens (tertiary/aromatic N) is 4. The molecule has 1 amide bonds. The van der Waals surface area contributed by atoms with Gasteiger partial charge in [0.05, 0.1) is 21.7 Å². The fraction of sp³-hybridized carbons (Fsp3) is 0.105. The van der Waals surface area contributed by atoms with Crippen LogP contribution in [0, 0.1) is 10.1 Å². The second-order valence-corrected chi connectivity index (χ2v) is 7.86. The Balaban J connectivity index is 1.68. The van der Waals surface area contributed by atoms with Gasteiger partial charge < -0.3 is 0 Å². The number of carbonyl (C=O) groups excluding carboxylic acids is 1. The Kier molecular flexibility index (Phi) is 6.55. The Labute approximate surface area is 183 Å². The van der Waals surface area contributed by atoms with Gasteiger partial charge >= 0.3 is 0 Å². The lowest BCUT2D eigenvalue weighted by Crippen LogP contribution is -2.20. The van der Waals surface area contributed by atoms with Gasteiger partial charge in [-0.3, -0.25) is 19.6 Å². The van der Waals surface area contributed by atoms with Crippen LogP contribution in [0.5, 0.6) is 0 Å². The topological polar surface area (TPSA) is 102 Å². The Hall–Kier alpha value is -2.85. The number of nitrogens with one attached hydrogen (secondary N) is 1. The first-order valence-electron chi connectivity index (χ1n) is 8.40. The predicted molar refractivity (Wildman–Crippen MR) is 116 cm³/mol. The number of aromatic nitrogens is 2. The van der Waals surface area contributed by atoms with Crippen molar-refractivity contribution in [3.8, 4) is 0 Å². The zero-order valence-corrected chi connectivity index (χ0v) is 18.3. The maximum absolute atomic E-state index is 12.4. The highest BCUT2D eigenvalue weighted by Gasteiger charge is 2.15. The Morgan fingerprint density at radius 3 is 2.45 bits per heavy atom. The normalized spacial score (nSPS) is 11.3. The summed E-state index contributed by atoms with van der Waals surface area (Å²) in [5, 5.41) is 19.1. The summed E-state index contributed by atoms with van der Waals surface area (Å²) >= 11 is 6.71. The Morgan fingerprint density at radius 1 is 1.17 bits per heavy atom. The molecule has 0 aliphatic rings. The van der Waals surface area contributed by atoms with Gasteiger partial charge in [-0.1, -0.05) is 40.2 Å². The van der Waals surface area contributed by atoms with Crippen molar-refractivity contribution < 1.29 is 9.72 Å². The van der Waals surface area contributed by atoms with Gasteiger partial charge in [0, 0.05) is 22.8 Å². The molecule has 1 aromatic heterocycles.